The average molecular weight is 635 g/mol. The highest BCUT2D eigenvalue weighted by Crippen LogP contribution is 2.49. The van der Waals surface area contributed by atoms with Crippen molar-refractivity contribution in [1.82, 2.24) is 10.2 Å². The summed E-state index contributed by atoms with van der Waals surface area (Å²) in [6, 6.07) is 12.6. The van der Waals surface area contributed by atoms with Gasteiger partial charge in [0.05, 0.1) is 51.8 Å². The van der Waals surface area contributed by atoms with Gasteiger partial charge in [-0.25, -0.2) is 0 Å². The zero-order chi connectivity index (χ0) is 31.4. The monoisotopic (exact) mass is 634 g/mol. The number of benzene rings is 2. The molecule has 0 fully saturated rings. The van der Waals surface area contributed by atoms with Crippen LogP contribution in [0.5, 0.6) is 23.0 Å². The second kappa shape index (κ2) is 13.3. The lowest BCUT2D eigenvalue weighted by Crippen LogP contribution is -2.38. The van der Waals surface area contributed by atoms with Crippen LogP contribution < -0.4 is 34.9 Å². The number of rotatable bonds is 10. The third-order valence-corrected chi connectivity index (χ3v) is 9.29. The maximum atomic E-state index is 13.5. The largest absolute Gasteiger partial charge is 0.497 e. The molecule has 228 valence electrons. The van der Waals surface area contributed by atoms with Gasteiger partial charge in [0, 0.05) is 41.1 Å². The Kier molecular flexibility index (Phi) is 9.26. The molecule has 44 heavy (non-hydrogen) atoms. The fourth-order valence-corrected chi connectivity index (χ4v) is 6.94. The standard InChI is InChI=1S/C30H30N6O6S2/c1-39-17-9-10-18(23(13-17)41-3)26-19(14-31)28(32)36(20-6-5-7-21(37)27(20)26)29-34-35-30(44-29)43-15-25(38)33-16-8-11-22(40-2)24(12-16)42-4/h8-13,26H,5-7,15,32H2,1-4H3,(H,33,38). The predicted octanol–water partition coefficient (Wildman–Crippen LogP) is 4.61. The smallest absolute Gasteiger partial charge is 0.234 e. The van der Waals surface area contributed by atoms with Gasteiger partial charge in [-0.3, -0.25) is 14.5 Å². The molecule has 5 rings (SSSR count). The Morgan fingerprint density at radius 3 is 2.55 bits per heavy atom. The highest BCUT2D eigenvalue weighted by atomic mass is 32.2. The van der Waals surface area contributed by atoms with Gasteiger partial charge in [-0.2, -0.15) is 5.26 Å². The molecule has 2 heterocycles. The number of hydrogen-bond acceptors (Lipinski definition) is 13. The number of hydrogen-bond donors (Lipinski definition) is 2. The number of ketones is 1. The van der Waals surface area contributed by atoms with E-state index in [1.165, 1.54) is 44.4 Å². The summed E-state index contributed by atoms with van der Waals surface area (Å²) in [4.78, 5) is 27.8. The summed E-state index contributed by atoms with van der Waals surface area (Å²) in [6.07, 6.45) is 1.55. The molecular formula is C30H30N6O6S2. The van der Waals surface area contributed by atoms with Gasteiger partial charge in [-0.15, -0.1) is 10.2 Å². The fourth-order valence-electron chi connectivity index (χ4n) is 5.26. The molecule has 3 aromatic rings. The number of nitriles is 1. The summed E-state index contributed by atoms with van der Waals surface area (Å²) in [5.74, 6) is 1.34. The molecule has 14 heteroatoms. The third-order valence-electron chi connectivity index (χ3n) is 7.25. The first kappa shape index (κ1) is 30.7. The van der Waals surface area contributed by atoms with Crippen LogP contribution in [0.15, 0.2) is 63.4 Å². The fraction of sp³-hybridized carbons (Fsp3) is 0.300. The van der Waals surface area contributed by atoms with Gasteiger partial charge in [0.2, 0.25) is 11.0 Å². The number of amides is 1. The number of ether oxygens (including phenoxy) is 4. The number of nitrogens with two attached hydrogens (primary N) is 1. The highest BCUT2D eigenvalue weighted by Gasteiger charge is 2.42. The second-order valence-corrected chi connectivity index (χ2v) is 11.9. The van der Waals surface area contributed by atoms with Crippen molar-refractivity contribution in [3.63, 3.8) is 0 Å². The number of carbonyl (C=O) groups is 2. The van der Waals surface area contributed by atoms with Crippen LogP contribution in [-0.2, 0) is 9.59 Å². The number of anilines is 2. The number of carbonyl (C=O) groups excluding carboxylic acids is 2. The lowest BCUT2D eigenvalue weighted by atomic mass is 9.75. The van der Waals surface area contributed by atoms with Crippen molar-refractivity contribution in [3.8, 4) is 29.1 Å². The highest BCUT2D eigenvalue weighted by molar-refractivity contribution is 8.01. The minimum Gasteiger partial charge on any atom is -0.497 e. The van der Waals surface area contributed by atoms with E-state index in [9.17, 15) is 14.9 Å². The van der Waals surface area contributed by atoms with Gasteiger partial charge in [0.25, 0.3) is 0 Å². The van der Waals surface area contributed by atoms with E-state index in [0.717, 1.165) is 0 Å². The maximum Gasteiger partial charge on any atom is 0.234 e. The molecule has 2 aliphatic rings. The molecule has 2 aromatic carbocycles. The Balaban J connectivity index is 1.41. The van der Waals surface area contributed by atoms with Crippen molar-refractivity contribution in [3.05, 3.63) is 64.6 Å². The van der Waals surface area contributed by atoms with Crippen molar-refractivity contribution in [2.45, 2.75) is 29.5 Å². The maximum absolute atomic E-state index is 13.5. The van der Waals surface area contributed by atoms with Gasteiger partial charge in [-0.1, -0.05) is 29.2 Å². The van der Waals surface area contributed by atoms with E-state index in [1.54, 1.807) is 48.4 Å². The molecule has 0 saturated carbocycles. The normalized spacial score (nSPS) is 16.3. The van der Waals surface area contributed by atoms with Crippen LogP contribution in [0.2, 0.25) is 0 Å². The lowest BCUT2D eigenvalue weighted by Gasteiger charge is -2.38. The molecule has 1 aliphatic heterocycles. The van der Waals surface area contributed by atoms with Crippen LogP contribution >= 0.6 is 23.1 Å². The molecule has 1 aliphatic carbocycles. The summed E-state index contributed by atoms with van der Waals surface area (Å²) in [5, 5.41) is 22.1. The Labute approximate surface area is 262 Å². The molecule has 1 unspecified atom stereocenters. The molecular weight excluding hydrogens is 605 g/mol. The summed E-state index contributed by atoms with van der Waals surface area (Å²) >= 11 is 2.43. The Morgan fingerprint density at radius 1 is 1.07 bits per heavy atom. The van der Waals surface area contributed by atoms with Crippen LogP contribution in [0.25, 0.3) is 0 Å². The Hall–Kier alpha value is -4.74. The molecule has 12 nitrogen and oxygen atoms in total. The number of thioether (sulfide) groups is 1. The van der Waals surface area contributed by atoms with Crippen molar-refractivity contribution >= 4 is 45.6 Å². The van der Waals surface area contributed by atoms with E-state index in [2.05, 4.69) is 21.6 Å². The molecule has 0 bridgehead atoms. The van der Waals surface area contributed by atoms with E-state index in [-0.39, 0.29) is 28.8 Å². The van der Waals surface area contributed by atoms with E-state index < -0.39 is 5.92 Å². The van der Waals surface area contributed by atoms with E-state index in [4.69, 9.17) is 24.7 Å². The first-order valence-electron chi connectivity index (χ1n) is 13.5. The molecule has 3 N–H and O–H groups in total. The van der Waals surface area contributed by atoms with Crippen LogP contribution in [0.3, 0.4) is 0 Å². The van der Waals surface area contributed by atoms with Crippen LogP contribution in [0, 0.1) is 11.3 Å². The van der Waals surface area contributed by atoms with Crippen LogP contribution in [0.4, 0.5) is 10.8 Å². The number of methoxy groups -OCH3 is 4. The number of Topliss-reactive ketones (excluding diaryl/α,β-unsaturated/α-hetero) is 1. The molecule has 1 amide bonds. The molecule has 0 spiro atoms. The molecule has 0 radical (unpaired) electrons. The molecule has 0 saturated heterocycles. The summed E-state index contributed by atoms with van der Waals surface area (Å²) in [7, 11) is 6.14. The van der Waals surface area contributed by atoms with Gasteiger partial charge in [-0.05, 0) is 31.0 Å². The van der Waals surface area contributed by atoms with Crippen LogP contribution in [0.1, 0.15) is 30.7 Å². The van der Waals surface area contributed by atoms with Gasteiger partial charge >= 0.3 is 0 Å². The zero-order valence-electron chi connectivity index (χ0n) is 24.5. The molecule has 1 atom stereocenters. The zero-order valence-corrected chi connectivity index (χ0v) is 26.1. The quantitative estimate of drug-likeness (QED) is 0.298. The summed E-state index contributed by atoms with van der Waals surface area (Å²) < 4.78 is 22.0. The molecule has 1 aromatic heterocycles. The Bertz CT molecular complexity index is 1710. The van der Waals surface area contributed by atoms with E-state index in [1.807, 2.05) is 0 Å². The topological polar surface area (TPSA) is 162 Å². The second-order valence-electron chi connectivity index (χ2n) is 9.68. The van der Waals surface area contributed by atoms with Gasteiger partial charge < -0.3 is 30.0 Å². The van der Waals surface area contributed by atoms with Gasteiger partial charge in [0.1, 0.15) is 17.3 Å². The number of nitrogens with one attached hydrogen (secondary N) is 1. The lowest BCUT2D eigenvalue weighted by molar-refractivity contribution is -0.116. The first-order valence-corrected chi connectivity index (χ1v) is 15.3. The minimum atomic E-state index is -0.707. The number of aromatic nitrogens is 2. The van der Waals surface area contributed by atoms with Crippen LogP contribution in [-0.4, -0.2) is 56.1 Å². The van der Waals surface area contributed by atoms with Gasteiger partial charge in [0.15, 0.2) is 21.6 Å². The number of nitrogens with zero attached hydrogens (tertiary/aromatic N) is 4. The third kappa shape index (κ3) is 5.88. The van der Waals surface area contributed by atoms with Crippen molar-refractivity contribution < 1.29 is 28.5 Å². The SMILES string of the molecule is COc1ccc(C2C(C#N)=C(N)N(c3nnc(SCC(=O)Nc4ccc(OC)c(OC)c4)s3)C3=C2C(=O)CCC3)c(OC)c1. The summed E-state index contributed by atoms with van der Waals surface area (Å²) in [6.45, 7) is 0. The minimum absolute atomic E-state index is 0.0645. The van der Waals surface area contributed by atoms with Crippen molar-refractivity contribution in [2.75, 3.05) is 44.4 Å². The van der Waals surface area contributed by atoms with Crippen molar-refractivity contribution in [2.24, 2.45) is 5.73 Å². The summed E-state index contributed by atoms with van der Waals surface area (Å²) in [5.41, 5.74) is 9.26. The predicted molar refractivity (Wildman–Crippen MR) is 166 cm³/mol. The average Bonchev–Trinajstić information content (AvgIpc) is 3.51. The first-order chi connectivity index (χ1) is 21.3. The van der Waals surface area contributed by atoms with Crippen molar-refractivity contribution in [1.29, 1.82) is 5.26 Å². The Morgan fingerprint density at radius 2 is 1.84 bits per heavy atom. The van der Waals surface area contributed by atoms with E-state index >= 15 is 0 Å². The van der Waals surface area contributed by atoms with E-state index in [0.29, 0.717) is 74.3 Å². The number of allylic oxidation sites excluding steroid dienone is 3.